The number of carbonyl (C=O) groups excluding carboxylic acids is 1. The average Bonchev–Trinajstić information content (AvgIpc) is 3.13. The van der Waals surface area contributed by atoms with Crippen molar-refractivity contribution in [3.8, 4) is 0 Å². The number of nitrogens with one attached hydrogen (secondary N) is 2. The molecule has 4 rings (SSSR count). The number of rotatable bonds is 5. The highest BCUT2D eigenvalue weighted by atomic mass is 35.5. The number of aromatic amines is 1. The number of aliphatic imine (C=N–C) groups is 1. The number of amidine groups is 1. The molecule has 0 spiro atoms. The number of esters is 1. The fourth-order valence-electron chi connectivity index (χ4n) is 2.65. The second kappa shape index (κ2) is 5.95. The highest BCUT2D eigenvalue weighted by molar-refractivity contribution is 6.16. The second-order valence-electron chi connectivity index (χ2n) is 5.81. The van der Waals surface area contributed by atoms with Gasteiger partial charge in [0, 0.05) is 29.5 Å². The van der Waals surface area contributed by atoms with E-state index in [-0.39, 0.29) is 5.70 Å². The van der Waals surface area contributed by atoms with Gasteiger partial charge >= 0.3 is 5.97 Å². The third-order valence-electron chi connectivity index (χ3n) is 3.95. The van der Waals surface area contributed by atoms with Gasteiger partial charge in [-0.3, -0.25) is 14.8 Å². The van der Waals surface area contributed by atoms with Crippen LogP contribution in [0.3, 0.4) is 0 Å². The van der Waals surface area contributed by atoms with E-state index in [9.17, 15) is 4.79 Å². The Labute approximate surface area is 143 Å². The molecule has 2 N–H and O–H groups in total. The molecule has 1 aromatic rings. The monoisotopic (exact) mass is 348 g/mol. The molecule has 1 aromatic heterocycles. The SMILES string of the molecule is CCOC(=O)C1=C[N+]2C(Nc3cc(C4CC4)[nH]n3)=CN(Cl)CC2=N1. The Morgan fingerprint density at radius 2 is 2.42 bits per heavy atom. The first-order chi connectivity index (χ1) is 11.6. The normalized spacial score (nSPS) is 20.2. The van der Waals surface area contributed by atoms with Gasteiger partial charge in [-0.25, -0.2) is 4.79 Å². The molecule has 1 fully saturated rings. The number of hydrogen-bond donors (Lipinski definition) is 2. The Hall–Kier alpha value is -2.32. The fourth-order valence-corrected chi connectivity index (χ4v) is 2.84. The number of aromatic nitrogens is 2. The number of fused-ring (bicyclic) bond motifs is 1. The minimum atomic E-state index is -0.448. The van der Waals surface area contributed by atoms with Gasteiger partial charge in [-0.1, -0.05) is 0 Å². The van der Waals surface area contributed by atoms with Crippen molar-refractivity contribution in [2.45, 2.75) is 25.7 Å². The molecule has 1 saturated carbocycles. The first kappa shape index (κ1) is 15.2. The number of nitrogens with zero attached hydrogens (tertiary/aromatic N) is 4. The maximum atomic E-state index is 11.9. The summed E-state index contributed by atoms with van der Waals surface area (Å²) in [6.45, 7) is 2.46. The summed E-state index contributed by atoms with van der Waals surface area (Å²) in [5.74, 6) is 2.17. The molecule has 0 unspecified atom stereocenters. The first-order valence-corrected chi connectivity index (χ1v) is 8.20. The molecule has 0 atom stereocenters. The van der Waals surface area contributed by atoms with Crippen molar-refractivity contribution in [1.29, 1.82) is 0 Å². The number of carbonyl (C=O) groups is 1. The van der Waals surface area contributed by atoms with Gasteiger partial charge in [0.25, 0.3) is 11.7 Å². The van der Waals surface area contributed by atoms with Gasteiger partial charge in [0.15, 0.2) is 12.0 Å². The summed E-state index contributed by atoms with van der Waals surface area (Å²) in [7, 11) is 0. The van der Waals surface area contributed by atoms with Crippen LogP contribution in [0.25, 0.3) is 0 Å². The maximum Gasteiger partial charge on any atom is 0.362 e. The number of halogens is 1. The molecule has 1 radical (unpaired) electrons. The third-order valence-corrected chi connectivity index (χ3v) is 4.17. The number of H-pyrrole nitrogens is 1. The lowest BCUT2D eigenvalue weighted by Gasteiger charge is -2.18. The van der Waals surface area contributed by atoms with E-state index in [1.807, 2.05) is 6.07 Å². The number of hydrogen-bond acceptors (Lipinski definition) is 7. The zero-order chi connectivity index (χ0) is 16.7. The maximum absolute atomic E-state index is 11.9. The Balaban J connectivity index is 1.55. The Kier molecular flexibility index (Phi) is 3.78. The highest BCUT2D eigenvalue weighted by Crippen LogP contribution is 2.39. The summed E-state index contributed by atoms with van der Waals surface area (Å²) in [6.07, 6.45) is 5.78. The topological polar surface area (TPSA) is 88.5 Å². The minimum absolute atomic E-state index is 0.257. The third kappa shape index (κ3) is 2.90. The zero-order valence-corrected chi connectivity index (χ0v) is 13.9. The van der Waals surface area contributed by atoms with Crippen molar-refractivity contribution >= 4 is 29.4 Å². The lowest BCUT2D eigenvalue weighted by atomic mass is 10.3. The van der Waals surface area contributed by atoms with Crippen LogP contribution in [0, 0.1) is 0 Å². The standard InChI is InChI=1S/C15H17ClN6O2/c1-2-24-15(23)11-6-22-13(17-11)7-21(16)8-14(22)18-12-5-10(19-20-12)9-3-4-9/h5-6,8-9H,2-4,7H2,1H3,(H2,18,19,20)/q+1. The second-order valence-corrected chi connectivity index (χ2v) is 6.25. The van der Waals surface area contributed by atoms with Crippen LogP contribution in [0.1, 0.15) is 31.4 Å². The van der Waals surface area contributed by atoms with E-state index in [0.717, 1.165) is 5.69 Å². The van der Waals surface area contributed by atoms with Crippen molar-refractivity contribution in [1.82, 2.24) is 19.5 Å². The molecule has 125 valence electrons. The molecule has 1 aliphatic carbocycles. The summed E-state index contributed by atoms with van der Waals surface area (Å²) in [4.78, 5) is 18.0. The van der Waals surface area contributed by atoms with Gasteiger partial charge in [0.05, 0.1) is 6.61 Å². The van der Waals surface area contributed by atoms with Crippen molar-refractivity contribution in [3.63, 3.8) is 0 Å². The molecule has 9 heteroatoms. The van der Waals surface area contributed by atoms with Crippen molar-refractivity contribution in [2.75, 3.05) is 18.5 Å². The van der Waals surface area contributed by atoms with E-state index in [0.29, 0.717) is 36.5 Å². The predicted molar refractivity (Wildman–Crippen MR) is 89.1 cm³/mol. The molecule has 2 aliphatic heterocycles. The Morgan fingerprint density at radius 1 is 1.58 bits per heavy atom. The molecule has 24 heavy (non-hydrogen) atoms. The van der Waals surface area contributed by atoms with Crippen molar-refractivity contribution in [3.05, 3.63) is 35.7 Å². The lowest BCUT2D eigenvalue weighted by Crippen LogP contribution is -2.42. The van der Waals surface area contributed by atoms with Gasteiger partial charge in [-0.05, 0) is 24.7 Å². The molecule has 0 amide bonds. The van der Waals surface area contributed by atoms with Gasteiger partial charge in [0.2, 0.25) is 5.70 Å². The minimum Gasteiger partial charge on any atom is -0.461 e. The van der Waals surface area contributed by atoms with E-state index in [2.05, 4.69) is 20.5 Å². The average molecular weight is 349 g/mol. The van der Waals surface area contributed by atoms with Crippen LogP contribution in [0.2, 0.25) is 0 Å². The molecule has 3 heterocycles. The van der Waals surface area contributed by atoms with E-state index < -0.39 is 5.97 Å². The van der Waals surface area contributed by atoms with E-state index in [1.165, 1.54) is 17.3 Å². The number of ether oxygens (including phenoxy) is 1. The van der Waals surface area contributed by atoms with Crippen molar-refractivity contribution in [2.24, 2.45) is 4.99 Å². The van der Waals surface area contributed by atoms with Gasteiger partial charge in [-0.2, -0.15) is 10.1 Å². The summed E-state index contributed by atoms with van der Waals surface area (Å²) < 4.78 is 6.48. The largest absolute Gasteiger partial charge is 0.461 e. The Bertz CT molecular complexity index is 764. The molecule has 3 aliphatic rings. The first-order valence-electron chi connectivity index (χ1n) is 7.86. The van der Waals surface area contributed by atoms with Crippen LogP contribution < -0.4 is 10.2 Å². The highest BCUT2D eigenvalue weighted by Gasteiger charge is 2.41. The van der Waals surface area contributed by atoms with Crippen LogP contribution in [-0.4, -0.2) is 39.6 Å². The lowest BCUT2D eigenvalue weighted by molar-refractivity contribution is -0.138. The molecule has 0 aromatic carbocycles. The number of anilines is 1. The van der Waals surface area contributed by atoms with Crippen LogP contribution in [0.15, 0.2) is 35.0 Å². The molecular formula is C15H17ClN6O2+. The molecular weight excluding hydrogens is 332 g/mol. The molecule has 8 nitrogen and oxygen atoms in total. The molecule has 0 bridgehead atoms. The Morgan fingerprint density at radius 3 is 3.17 bits per heavy atom. The van der Waals surface area contributed by atoms with Gasteiger partial charge < -0.3 is 4.74 Å². The zero-order valence-electron chi connectivity index (χ0n) is 13.1. The van der Waals surface area contributed by atoms with Crippen molar-refractivity contribution < 1.29 is 9.53 Å². The summed E-state index contributed by atoms with van der Waals surface area (Å²) in [5, 5.41) is 10.5. The van der Waals surface area contributed by atoms with Crippen LogP contribution in [-0.2, 0) is 9.53 Å². The quantitative estimate of drug-likeness (QED) is 0.482. The van der Waals surface area contributed by atoms with Crippen LogP contribution in [0.5, 0.6) is 0 Å². The van der Waals surface area contributed by atoms with Gasteiger partial charge in [0.1, 0.15) is 12.7 Å². The predicted octanol–water partition coefficient (Wildman–Crippen LogP) is 1.92. The smallest absolute Gasteiger partial charge is 0.362 e. The van der Waals surface area contributed by atoms with Crippen LogP contribution in [0.4, 0.5) is 5.82 Å². The van der Waals surface area contributed by atoms with E-state index in [4.69, 9.17) is 16.5 Å². The summed E-state index contributed by atoms with van der Waals surface area (Å²) >= 11 is 6.14. The fraction of sp³-hybridized carbons (Fsp3) is 0.400. The van der Waals surface area contributed by atoms with E-state index in [1.54, 1.807) is 24.2 Å². The van der Waals surface area contributed by atoms with Crippen LogP contribution >= 0.6 is 11.8 Å². The van der Waals surface area contributed by atoms with Gasteiger partial charge in [-0.15, -0.1) is 0 Å². The summed E-state index contributed by atoms with van der Waals surface area (Å²) in [5.41, 5.74) is 1.39. The summed E-state index contributed by atoms with van der Waals surface area (Å²) in [6, 6.07) is 1.99. The molecule has 0 saturated heterocycles. The van der Waals surface area contributed by atoms with E-state index >= 15 is 0 Å².